The smallest absolute Gasteiger partial charge is 0.144 e. The minimum absolute atomic E-state index is 0.703. The Morgan fingerprint density at radius 2 is 1.37 bits per heavy atom. The zero-order valence-corrected chi connectivity index (χ0v) is 17.2. The number of aryl methyl sites for hydroxylation is 2. The molecule has 2 heteroatoms. The first-order valence-electron chi connectivity index (χ1n) is 10.3. The van der Waals surface area contributed by atoms with Crippen molar-refractivity contribution in [3.05, 3.63) is 72.1 Å². The molecule has 0 radical (unpaired) electrons. The van der Waals surface area contributed by atoms with Gasteiger partial charge in [0, 0.05) is 18.0 Å². The molecule has 0 saturated heterocycles. The van der Waals surface area contributed by atoms with Gasteiger partial charge in [-0.25, -0.2) is 4.98 Å². The zero-order valence-electron chi connectivity index (χ0n) is 17.2. The van der Waals surface area contributed by atoms with E-state index in [4.69, 9.17) is 4.98 Å². The topological polar surface area (TPSA) is 17.8 Å². The van der Waals surface area contributed by atoms with Gasteiger partial charge in [-0.1, -0.05) is 70.2 Å². The number of rotatable bonds is 8. The Morgan fingerprint density at radius 3 is 2.07 bits per heavy atom. The van der Waals surface area contributed by atoms with Gasteiger partial charge >= 0.3 is 0 Å². The lowest BCUT2D eigenvalue weighted by Gasteiger charge is -2.16. The summed E-state index contributed by atoms with van der Waals surface area (Å²) in [6, 6.07) is 17.5. The van der Waals surface area contributed by atoms with Gasteiger partial charge in [0.25, 0.3) is 0 Å². The Kier molecular flexibility index (Phi) is 6.49. The van der Waals surface area contributed by atoms with Gasteiger partial charge in [-0.05, 0) is 54.7 Å². The van der Waals surface area contributed by atoms with Crippen LogP contribution in [-0.2, 0) is 12.8 Å². The van der Waals surface area contributed by atoms with E-state index in [0.717, 1.165) is 18.7 Å². The monoisotopic (exact) mass is 360 g/mol. The number of imidazole rings is 1. The summed E-state index contributed by atoms with van der Waals surface area (Å²) in [7, 11) is 0. The maximum Gasteiger partial charge on any atom is 0.144 e. The molecule has 0 fully saturated rings. The van der Waals surface area contributed by atoms with Crippen molar-refractivity contribution in [2.75, 3.05) is 0 Å². The van der Waals surface area contributed by atoms with Crippen LogP contribution in [0.3, 0.4) is 0 Å². The fraction of sp³-hybridized carbons (Fsp3) is 0.400. The number of hydrogen-bond acceptors (Lipinski definition) is 1. The van der Waals surface area contributed by atoms with Gasteiger partial charge in [0.2, 0.25) is 0 Å². The third kappa shape index (κ3) is 4.88. The van der Waals surface area contributed by atoms with E-state index < -0.39 is 0 Å². The SMILES string of the molecule is CC(C)CCc1ccccc1-c1nccn1-c1ccccc1CCC(C)C. The predicted molar refractivity (Wildman–Crippen MR) is 115 cm³/mol. The summed E-state index contributed by atoms with van der Waals surface area (Å²) in [6.07, 6.45) is 8.61. The molecule has 0 aliphatic carbocycles. The molecule has 0 spiro atoms. The highest BCUT2D eigenvalue weighted by Gasteiger charge is 2.14. The minimum atomic E-state index is 0.703. The van der Waals surface area contributed by atoms with Crippen LogP contribution >= 0.6 is 0 Å². The second-order valence-corrected chi connectivity index (χ2v) is 8.27. The molecule has 0 saturated carbocycles. The molecule has 2 nitrogen and oxygen atoms in total. The molecule has 0 N–H and O–H groups in total. The molecule has 142 valence electrons. The van der Waals surface area contributed by atoms with E-state index in [-0.39, 0.29) is 0 Å². The van der Waals surface area contributed by atoms with Crippen LogP contribution in [0.1, 0.15) is 51.7 Å². The lowest BCUT2D eigenvalue weighted by Crippen LogP contribution is -2.04. The van der Waals surface area contributed by atoms with Crippen molar-refractivity contribution in [2.24, 2.45) is 11.8 Å². The molecule has 2 aromatic carbocycles. The second-order valence-electron chi connectivity index (χ2n) is 8.27. The minimum Gasteiger partial charge on any atom is -0.300 e. The van der Waals surface area contributed by atoms with Crippen LogP contribution in [0.25, 0.3) is 17.1 Å². The lowest BCUT2D eigenvalue weighted by molar-refractivity contribution is 0.585. The summed E-state index contributed by atoms with van der Waals surface area (Å²) in [6.45, 7) is 9.15. The summed E-state index contributed by atoms with van der Waals surface area (Å²) in [4.78, 5) is 4.75. The average molecular weight is 361 g/mol. The Balaban J connectivity index is 1.99. The molecule has 0 aliphatic rings. The maximum atomic E-state index is 4.75. The van der Waals surface area contributed by atoms with Gasteiger partial charge in [0.15, 0.2) is 0 Å². The van der Waals surface area contributed by atoms with E-state index >= 15 is 0 Å². The van der Waals surface area contributed by atoms with Crippen molar-refractivity contribution in [3.63, 3.8) is 0 Å². The van der Waals surface area contributed by atoms with Crippen LogP contribution in [0, 0.1) is 11.8 Å². The van der Waals surface area contributed by atoms with Crippen LogP contribution in [0.5, 0.6) is 0 Å². The molecule has 1 aromatic heterocycles. The van der Waals surface area contributed by atoms with Gasteiger partial charge in [-0.3, -0.25) is 4.57 Å². The number of benzene rings is 2. The standard InChI is InChI=1S/C25H32N2/c1-19(2)13-15-21-9-5-7-11-23(21)25-26-17-18-27(25)24-12-8-6-10-22(24)16-14-20(3)4/h5-12,17-20H,13-16H2,1-4H3. The average Bonchev–Trinajstić information content (AvgIpc) is 3.14. The van der Waals surface area contributed by atoms with Crippen molar-refractivity contribution >= 4 is 0 Å². The third-order valence-corrected chi connectivity index (χ3v) is 5.13. The molecule has 0 amide bonds. The van der Waals surface area contributed by atoms with Crippen molar-refractivity contribution in [2.45, 2.75) is 53.4 Å². The number of nitrogens with zero attached hydrogens (tertiary/aromatic N) is 2. The van der Waals surface area contributed by atoms with Gasteiger partial charge in [0.1, 0.15) is 5.82 Å². The van der Waals surface area contributed by atoms with Crippen molar-refractivity contribution in [1.82, 2.24) is 9.55 Å². The highest BCUT2D eigenvalue weighted by molar-refractivity contribution is 5.64. The Hall–Kier alpha value is -2.35. The van der Waals surface area contributed by atoms with Crippen LogP contribution in [-0.4, -0.2) is 9.55 Å². The molecule has 1 heterocycles. The first-order valence-corrected chi connectivity index (χ1v) is 10.3. The molecule has 0 atom stereocenters. The fourth-order valence-corrected chi connectivity index (χ4v) is 3.50. The molecule has 0 unspecified atom stereocenters. The van der Waals surface area contributed by atoms with E-state index in [0.29, 0.717) is 11.8 Å². The molecular formula is C25H32N2. The maximum absolute atomic E-state index is 4.75. The Morgan fingerprint density at radius 1 is 0.778 bits per heavy atom. The molecule has 3 aromatic rings. The van der Waals surface area contributed by atoms with E-state index in [1.165, 1.54) is 35.2 Å². The van der Waals surface area contributed by atoms with Crippen LogP contribution in [0.15, 0.2) is 60.9 Å². The summed E-state index contributed by atoms with van der Waals surface area (Å²) >= 11 is 0. The third-order valence-electron chi connectivity index (χ3n) is 5.13. The van der Waals surface area contributed by atoms with E-state index in [9.17, 15) is 0 Å². The molecule has 27 heavy (non-hydrogen) atoms. The normalized spacial score (nSPS) is 11.5. The van der Waals surface area contributed by atoms with Crippen molar-refractivity contribution in [3.8, 4) is 17.1 Å². The van der Waals surface area contributed by atoms with E-state index in [1.807, 2.05) is 6.20 Å². The molecule has 3 rings (SSSR count). The first kappa shape index (κ1) is 19.4. The van der Waals surface area contributed by atoms with Gasteiger partial charge < -0.3 is 0 Å². The molecule has 0 bridgehead atoms. The van der Waals surface area contributed by atoms with Crippen molar-refractivity contribution in [1.29, 1.82) is 0 Å². The molecular weight excluding hydrogens is 328 g/mol. The van der Waals surface area contributed by atoms with Gasteiger partial charge in [-0.2, -0.15) is 0 Å². The van der Waals surface area contributed by atoms with Gasteiger partial charge in [-0.15, -0.1) is 0 Å². The van der Waals surface area contributed by atoms with Crippen LogP contribution < -0.4 is 0 Å². The molecule has 0 aliphatic heterocycles. The van der Waals surface area contributed by atoms with Crippen LogP contribution in [0.2, 0.25) is 0 Å². The largest absolute Gasteiger partial charge is 0.300 e. The number of hydrogen-bond donors (Lipinski definition) is 0. The highest BCUT2D eigenvalue weighted by Crippen LogP contribution is 2.28. The van der Waals surface area contributed by atoms with E-state index in [2.05, 4.69) is 87.0 Å². The summed E-state index contributed by atoms with van der Waals surface area (Å²) in [5, 5.41) is 0. The number of para-hydroxylation sites is 1. The fourth-order valence-electron chi connectivity index (χ4n) is 3.50. The first-order chi connectivity index (χ1) is 13.1. The summed E-state index contributed by atoms with van der Waals surface area (Å²) in [5.74, 6) is 2.46. The predicted octanol–water partition coefficient (Wildman–Crippen LogP) is 6.72. The summed E-state index contributed by atoms with van der Waals surface area (Å²) < 4.78 is 2.27. The second kappa shape index (κ2) is 9.03. The lowest BCUT2D eigenvalue weighted by atomic mass is 9.97. The van der Waals surface area contributed by atoms with Gasteiger partial charge in [0.05, 0.1) is 5.69 Å². The quantitative estimate of drug-likeness (QED) is 0.436. The Labute approximate surface area is 164 Å². The van der Waals surface area contributed by atoms with Crippen LogP contribution in [0.4, 0.5) is 0 Å². The van der Waals surface area contributed by atoms with E-state index in [1.54, 1.807) is 0 Å². The zero-order chi connectivity index (χ0) is 19.2. The Bertz CT molecular complexity index is 788. The highest BCUT2D eigenvalue weighted by atomic mass is 15.1. The number of aromatic nitrogens is 2. The summed E-state index contributed by atoms with van der Waals surface area (Å²) in [5.41, 5.74) is 5.29. The van der Waals surface area contributed by atoms with Crippen molar-refractivity contribution < 1.29 is 0 Å².